The van der Waals surface area contributed by atoms with Crippen LogP contribution in [0.4, 0.5) is 0 Å². The van der Waals surface area contributed by atoms with E-state index in [2.05, 4.69) is 5.32 Å². The number of carbonyl (C=O) groups is 1. The minimum atomic E-state index is -3.52. The molecule has 0 bridgehead atoms. The maximum absolute atomic E-state index is 12.7. The zero-order valence-electron chi connectivity index (χ0n) is 15.0. The van der Waals surface area contributed by atoms with Gasteiger partial charge in [-0.3, -0.25) is 4.79 Å². The first kappa shape index (κ1) is 19.2. The second-order valence-electron chi connectivity index (χ2n) is 6.32. The molecule has 8 nitrogen and oxygen atoms in total. The van der Waals surface area contributed by atoms with E-state index in [0.29, 0.717) is 37.8 Å². The number of thiophene rings is 1. The fraction of sp³-hybridized carbons (Fsp3) is 0.389. The predicted molar refractivity (Wildman–Crippen MR) is 102 cm³/mol. The number of amides is 1. The molecule has 1 aromatic carbocycles. The zero-order valence-corrected chi connectivity index (χ0v) is 16.6. The van der Waals surface area contributed by atoms with Crippen LogP contribution >= 0.6 is 11.3 Å². The average molecular weight is 425 g/mol. The second-order valence-corrected chi connectivity index (χ2v) is 9.65. The number of morpholine rings is 1. The molecule has 1 N–H and O–H groups in total. The molecule has 0 spiro atoms. The van der Waals surface area contributed by atoms with Gasteiger partial charge in [0.2, 0.25) is 6.10 Å². The Kier molecular flexibility index (Phi) is 5.54. The molecule has 0 unspecified atom stereocenters. The van der Waals surface area contributed by atoms with Gasteiger partial charge in [-0.25, -0.2) is 8.42 Å². The van der Waals surface area contributed by atoms with Crippen LogP contribution in [0.15, 0.2) is 40.6 Å². The van der Waals surface area contributed by atoms with Crippen LogP contribution in [-0.4, -0.2) is 57.6 Å². The molecule has 3 heterocycles. The van der Waals surface area contributed by atoms with Crippen LogP contribution in [0.2, 0.25) is 0 Å². The monoisotopic (exact) mass is 424 g/mol. The van der Waals surface area contributed by atoms with E-state index in [0.717, 1.165) is 16.2 Å². The van der Waals surface area contributed by atoms with Crippen molar-refractivity contribution in [2.45, 2.75) is 16.9 Å². The van der Waals surface area contributed by atoms with Gasteiger partial charge >= 0.3 is 0 Å². The van der Waals surface area contributed by atoms with Crippen molar-refractivity contribution in [1.29, 1.82) is 0 Å². The lowest BCUT2D eigenvalue weighted by Crippen LogP contribution is -2.43. The van der Waals surface area contributed by atoms with Gasteiger partial charge in [-0.2, -0.15) is 4.31 Å². The number of para-hydroxylation sites is 2. The summed E-state index contributed by atoms with van der Waals surface area (Å²) in [6.07, 6.45) is -0.744. The molecule has 1 amide bonds. The van der Waals surface area contributed by atoms with Crippen LogP contribution in [0, 0.1) is 0 Å². The van der Waals surface area contributed by atoms with Gasteiger partial charge in [-0.15, -0.1) is 11.3 Å². The van der Waals surface area contributed by atoms with Gasteiger partial charge in [0.05, 0.1) is 19.8 Å². The van der Waals surface area contributed by atoms with E-state index in [1.165, 1.54) is 4.31 Å². The third-order valence-electron chi connectivity index (χ3n) is 4.44. The van der Waals surface area contributed by atoms with Gasteiger partial charge in [0.1, 0.15) is 10.8 Å². The normalized spacial score (nSPS) is 19.9. The highest BCUT2D eigenvalue weighted by molar-refractivity contribution is 7.91. The number of rotatable bonds is 5. The summed E-state index contributed by atoms with van der Waals surface area (Å²) >= 11 is 1.15. The summed E-state index contributed by atoms with van der Waals surface area (Å²) < 4.78 is 43.4. The highest BCUT2D eigenvalue weighted by Crippen LogP contribution is 2.31. The van der Waals surface area contributed by atoms with E-state index in [-0.39, 0.29) is 23.3 Å². The summed E-state index contributed by atoms with van der Waals surface area (Å²) in [6, 6.07) is 10.5. The molecule has 1 aromatic heterocycles. The van der Waals surface area contributed by atoms with E-state index in [1.807, 2.05) is 12.1 Å². The first-order valence-electron chi connectivity index (χ1n) is 8.87. The first-order valence-corrected chi connectivity index (χ1v) is 11.1. The van der Waals surface area contributed by atoms with Gasteiger partial charge in [0.15, 0.2) is 11.5 Å². The molecule has 1 atom stereocenters. The van der Waals surface area contributed by atoms with E-state index in [1.54, 1.807) is 24.3 Å². The zero-order chi connectivity index (χ0) is 19.6. The van der Waals surface area contributed by atoms with Crippen molar-refractivity contribution in [1.82, 2.24) is 9.62 Å². The maximum atomic E-state index is 12.7. The number of carbonyl (C=O) groups excluding carboxylic acids is 1. The lowest BCUT2D eigenvalue weighted by Gasteiger charge is -2.25. The lowest BCUT2D eigenvalue weighted by molar-refractivity contribution is -0.130. The number of sulfonamides is 1. The van der Waals surface area contributed by atoms with Gasteiger partial charge < -0.3 is 19.5 Å². The number of nitrogens with zero attached hydrogens (tertiary/aromatic N) is 1. The molecule has 1 saturated heterocycles. The summed E-state index contributed by atoms with van der Waals surface area (Å²) in [5.74, 6) is 0.840. The van der Waals surface area contributed by atoms with Crippen molar-refractivity contribution in [2.24, 2.45) is 0 Å². The van der Waals surface area contributed by atoms with Crippen LogP contribution in [-0.2, 0) is 26.1 Å². The Labute approximate surface area is 167 Å². The quantitative estimate of drug-likeness (QED) is 0.776. The van der Waals surface area contributed by atoms with E-state index < -0.39 is 16.1 Å². The Balaban J connectivity index is 1.35. The highest BCUT2D eigenvalue weighted by Gasteiger charge is 2.29. The Morgan fingerprint density at radius 2 is 1.89 bits per heavy atom. The van der Waals surface area contributed by atoms with Crippen molar-refractivity contribution in [3.05, 3.63) is 41.3 Å². The van der Waals surface area contributed by atoms with Gasteiger partial charge in [0, 0.05) is 18.0 Å². The molecule has 28 heavy (non-hydrogen) atoms. The van der Waals surface area contributed by atoms with Crippen LogP contribution in [0.5, 0.6) is 11.5 Å². The minimum absolute atomic E-state index is 0.129. The Hall–Kier alpha value is -2.14. The molecule has 1 fully saturated rings. The van der Waals surface area contributed by atoms with Gasteiger partial charge in [-0.1, -0.05) is 12.1 Å². The molecule has 0 radical (unpaired) electrons. The summed E-state index contributed by atoms with van der Waals surface area (Å²) in [5.41, 5.74) is 0. The molecule has 2 aliphatic rings. The van der Waals surface area contributed by atoms with E-state index in [9.17, 15) is 13.2 Å². The second kappa shape index (κ2) is 8.08. The summed E-state index contributed by atoms with van der Waals surface area (Å²) in [7, 11) is -3.52. The van der Waals surface area contributed by atoms with Crippen LogP contribution < -0.4 is 14.8 Å². The maximum Gasteiger partial charge on any atom is 0.264 e. The largest absolute Gasteiger partial charge is 0.485 e. The van der Waals surface area contributed by atoms with E-state index >= 15 is 0 Å². The van der Waals surface area contributed by atoms with Crippen molar-refractivity contribution >= 4 is 27.3 Å². The van der Waals surface area contributed by atoms with Crippen molar-refractivity contribution in [3.63, 3.8) is 0 Å². The van der Waals surface area contributed by atoms with Crippen LogP contribution in [0.3, 0.4) is 0 Å². The van der Waals surface area contributed by atoms with Gasteiger partial charge in [-0.05, 0) is 24.3 Å². The third kappa shape index (κ3) is 4.00. The van der Waals surface area contributed by atoms with Crippen LogP contribution in [0.25, 0.3) is 0 Å². The first-order chi connectivity index (χ1) is 13.5. The Morgan fingerprint density at radius 3 is 2.68 bits per heavy atom. The summed E-state index contributed by atoms with van der Waals surface area (Å²) in [6.45, 7) is 1.87. The van der Waals surface area contributed by atoms with Gasteiger partial charge in [0.25, 0.3) is 15.9 Å². The van der Waals surface area contributed by atoms with E-state index in [4.69, 9.17) is 14.2 Å². The number of hydrogen-bond donors (Lipinski definition) is 1. The third-order valence-corrected chi connectivity index (χ3v) is 7.89. The summed E-state index contributed by atoms with van der Waals surface area (Å²) in [5, 5.41) is 2.78. The predicted octanol–water partition coefficient (Wildman–Crippen LogP) is 1.23. The number of nitrogens with one attached hydrogen (secondary N) is 1. The number of fused-ring (bicyclic) bond motifs is 1. The van der Waals surface area contributed by atoms with Crippen molar-refractivity contribution < 1.29 is 27.4 Å². The lowest BCUT2D eigenvalue weighted by atomic mass is 10.2. The topological polar surface area (TPSA) is 94.2 Å². The smallest absolute Gasteiger partial charge is 0.264 e. The fourth-order valence-electron chi connectivity index (χ4n) is 2.94. The Bertz CT molecular complexity index is 952. The van der Waals surface area contributed by atoms with Crippen molar-refractivity contribution in [2.75, 3.05) is 32.9 Å². The molecule has 150 valence electrons. The van der Waals surface area contributed by atoms with Crippen molar-refractivity contribution in [3.8, 4) is 11.5 Å². The molecule has 2 aliphatic heterocycles. The molecular weight excluding hydrogens is 404 g/mol. The number of ether oxygens (including phenoxy) is 3. The minimum Gasteiger partial charge on any atom is -0.485 e. The summed E-state index contributed by atoms with van der Waals surface area (Å²) in [4.78, 5) is 13.1. The molecule has 10 heteroatoms. The highest BCUT2D eigenvalue weighted by atomic mass is 32.2. The molecular formula is C18H20N2O6S2. The average Bonchev–Trinajstić information content (AvgIpc) is 3.22. The van der Waals surface area contributed by atoms with Crippen LogP contribution in [0.1, 0.15) is 4.88 Å². The SMILES string of the molecule is O=C(NCc1ccc(S(=O)(=O)N2CCOCC2)s1)[C@H]1COc2ccccc2O1. The molecule has 4 rings (SSSR count). The standard InChI is InChI=1S/C18H20N2O6S2/c21-18(16-12-25-14-3-1-2-4-15(14)26-16)19-11-13-5-6-17(27-13)28(22,23)20-7-9-24-10-8-20/h1-6,16H,7-12H2,(H,19,21)/t16-/m1/s1. The number of benzene rings is 1. The molecule has 0 saturated carbocycles. The number of hydrogen-bond acceptors (Lipinski definition) is 7. The Morgan fingerprint density at radius 1 is 1.14 bits per heavy atom. The fourth-order valence-corrected chi connectivity index (χ4v) is 5.80. The molecule has 2 aromatic rings. The molecule has 0 aliphatic carbocycles.